The van der Waals surface area contributed by atoms with Crippen molar-refractivity contribution in [2.45, 2.75) is 38.8 Å². The Labute approximate surface area is 111 Å². The minimum atomic E-state index is 0.0846. The summed E-state index contributed by atoms with van der Waals surface area (Å²) in [6.45, 7) is 2.53. The molecule has 0 radical (unpaired) electrons. The molecule has 0 spiro atoms. The van der Waals surface area contributed by atoms with Gasteiger partial charge in [0.1, 0.15) is 0 Å². The van der Waals surface area contributed by atoms with E-state index in [9.17, 15) is 4.79 Å². The molecule has 1 amide bonds. The van der Waals surface area contributed by atoms with Crippen LogP contribution in [0.2, 0.25) is 0 Å². The van der Waals surface area contributed by atoms with Gasteiger partial charge in [0.2, 0.25) is 5.91 Å². The van der Waals surface area contributed by atoms with Crippen molar-refractivity contribution in [3.63, 3.8) is 0 Å². The fourth-order valence-corrected chi connectivity index (χ4v) is 1.93. The van der Waals surface area contributed by atoms with Crippen LogP contribution in [0.4, 0.5) is 0 Å². The molecule has 94 valence electrons. The summed E-state index contributed by atoms with van der Waals surface area (Å²) >= 11 is 3.45. The number of nitrogens with one attached hydrogen (secondary N) is 1. The number of rotatable bonds is 6. The van der Waals surface area contributed by atoms with Gasteiger partial charge in [0.25, 0.3) is 0 Å². The van der Waals surface area contributed by atoms with Crippen LogP contribution < -0.4 is 11.1 Å². The van der Waals surface area contributed by atoms with Gasteiger partial charge in [-0.3, -0.25) is 4.79 Å². The van der Waals surface area contributed by atoms with E-state index in [0.29, 0.717) is 13.0 Å². The van der Waals surface area contributed by atoms with Gasteiger partial charge in [-0.15, -0.1) is 0 Å². The summed E-state index contributed by atoms with van der Waals surface area (Å²) < 4.78 is 1.02. The molecule has 1 unspecified atom stereocenters. The molecule has 0 aliphatic heterocycles. The first-order valence-electron chi connectivity index (χ1n) is 5.85. The van der Waals surface area contributed by atoms with Crippen molar-refractivity contribution in [2.24, 2.45) is 5.73 Å². The number of carbonyl (C=O) groups is 1. The summed E-state index contributed by atoms with van der Waals surface area (Å²) in [5.74, 6) is 0.0846. The fraction of sp³-hybridized carbons (Fsp3) is 0.462. The van der Waals surface area contributed by atoms with Gasteiger partial charge >= 0.3 is 0 Å². The molecule has 0 aromatic heterocycles. The molecule has 1 atom stereocenters. The molecule has 0 saturated carbocycles. The average Bonchev–Trinajstić information content (AvgIpc) is 2.27. The SMILES string of the molecule is CC(N)CCCC(=O)NCc1ccccc1Br. The lowest BCUT2D eigenvalue weighted by Gasteiger charge is -2.08. The normalized spacial score (nSPS) is 12.2. The van der Waals surface area contributed by atoms with Crippen LogP contribution in [-0.4, -0.2) is 11.9 Å². The molecule has 0 heterocycles. The van der Waals surface area contributed by atoms with Crippen LogP contribution in [0.1, 0.15) is 31.7 Å². The van der Waals surface area contributed by atoms with Gasteiger partial charge in [0.05, 0.1) is 0 Å². The number of hydrogen-bond acceptors (Lipinski definition) is 2. The lowest BCUT2D eigenvalue weighted by molar-refractivity contribution is -0.121. The minimum absolute atomic E-state index is 0.0846. The highest BCUT2D eigenvalue weighted by molar-refractivity contribution is 9.10. The zero-order valence-electron chi connectivity index (χ0n) is 10.1. The number of halogens is 1. The standard InChI is InChI=1S/C13H19BrN2O/c1-10(15)5-4-8-13(17)16-9-11-6-2-3-7-12(11)14/h2-3,6-7,10H,4-5,8-9,15H2,1H3,(H,16,17). The molecule has 0 fully saturated rings. The van der Waals surface area contributed by atoms with Crippen LogP contribution in [0.5, 0.6) is 0 Å². The second-order valence-electron chi connectivity index (χ2n) is 4.24. The van der Waals surface area contributed by atoms with E-state index in [4.69, 9.17) is 5.73 Å². The highest BCUT2D eigenvalue weighted by atomic mass is 79.9. The van der Waals surface area contributed by atoms with Crippen molar-refractivity contribution in [3.05, 3.63) is 34.3 Å². The molecule has 3 nitrogen and oxygen atoms in total. The zero-order valence-corrected chi connectivity index (χ0v) is 11.7. The first-order chi connectivity index (χ1) is 8.09. The monoisotopic (exact) mass is 298 g/mol. The molecule has 0 bridgehead atoms. The third-order valence-corrected chi connectivity index (χ3v) is 3.27. The number of amides is 1. The lowest BCUT2D eigenvalue weighted by atomic mass is 10.1. The second kappa shape index (κ2) is 7.45. The Bertz CT molecular complexity index is 366. The Kier molecular flexibility index (Phi) is 6.22. The van der Waals surface area contributed by atoms with Gasteiger partial charge in [-0.2, -0.15) is 0 Å². The predicted octanol–water partition coefficient (Wildman–Crippen LogP) is 2.58. The first-order valence-corrected chi connectivity index (χ1v) is 6.64. The highest BCUT2D eigenvalue weighted by Crippen LogP contribution is 2.15. The number of hydrogen-bond donors (Lipinski definition) is 2. The zero-order chi connectivity index (χ0) is 12.7. The summed E-state index contributed by atoms with van der Waals surface area (Å²) in [7, 11) is 0. The topological polar surface area (TPSA) is 55.1 Å². The molecular weight excluding hydrogens is 280 g/mol. The Hall–Kier alpha value is -0.870. The van der Waals surface area contributed by atoms with Crippen molar-refractivity contribution in [1.82, 2.24) is 5.32 Å². The van der Waals surface area contributed by atoms with Gasteiger partial charge < -0.3 is 11.1 Å². The summed E-state index contributed by atoms with van der Waals surface area (Å²) in [5.41, 5.74) is 6.72. The quantitative estimate of drug-likeness (QED) is 0.848. The Morgan fingerprint density at radius 2 is 2.18 bits per heavy atom. The van der Waals surface area contributed by atoms with E-state index < -0.39 is 0 Å². The van der Waals surface area contributed by atoms with E-state index in [1.165, 1.54) is 0 Å². The Morgan fingerprint density at radius 3 is 2.82 bits per heavy atom. The maximum Gasteiger partial charge on any atom is 0.220 e. The summed E-state index contributed by atoms with van der Waals surface area (Å²) in [6, 6.07) is 8.05. The van der Waals surface area contributed by atoms with E-state index in [0.717, 1.165) is 22.9 Å². The van der Waals surface area contributed by atoms with Crippen molar-refractivity contribution in [2.75, 3.05) is 0 Å². The van der Waals surface area contributed by atoms with Crippen molar-refractivity contribution in [1.29, 1.82) is 0 Å². The second-order valence-corrected chi connectivity index (χ2v) is 5.09. The molecule has 1 rings (SSSR count). The van der Waals surface area contributed by atoms with E-state index in [-0.39, 0.29) is 11.9 Å². The molecule has 0 aliphatic carbocycles. The van der Waals surface area contributed by atoms with Crippen LogP contribution in [0, 0.1) is 0 Å². The summed E-state index contributed by atoms with van der Waals surface area (Å²) in [6.07, 6.45) is 2.29. The van der Waals surface area contributed by atoms with Gasteiger partial charge in [-0.05, 0) is 31.4 Å². The maximum absolute atomic E-state index is 11.5. The third kappa shape index (κ3) is 5.84. The molecule has 0 saturated heterocycles. The van der Waals surface area contributed by atoms with E-state index >= 15 is 0 Å². The van der Waals surface area contributed by atoms with E-state index in [1.807, 2.05) is 31.2 Å². The molecule has 1 aromatic carbocycles. The molecule has 0 aliphatic rings. The Morgan fingerprint density at radius 1 is 1.47 bits per heavy atom. The number of benzene rings is 1. The van der Waals surface area contributed by atoms with Crippen molar-refractivity contribution in [3.8, 4) is 0 Å². The van der Waals surface area contributed by atoms with Crippen LogP contribution in [0.3, 0.4) is 0 Å². The van der Waals surface area contributed by atoms with Gasteiger partial charge in [-0.1, -0.05) is 34.1 Å². The smallest absolute Gasteiger partial charge is 0.220 e. The lowest BCUT2D eigenvalue weighted by Crippen LogP contribution is -2.23. The van der Waals surface area contributed by atoms with Crippen LogP contribution >= 0.6 is 15.9 Å². The Balaban J connectivity index is 2.26. The largest absolute Gasteiger partial charge is 0.352 e. The highest BCUT2D eigenvalue weighted by Gasteiger charge is 2.04. The first kappa shape index (κ1) is 14.2. The van der Waals surface area contributed by atoms with Crippen LogP contribution in [-0.2, 0) is 11.3 Å². The summed E-state index contributed by atoms with van der Waals surface area (Å²) in [4.78, 5) is 11.5. The van der Waals surface area contributed by atoms with Crippen molar-refractivity contribution < 1.29 is 4.79 Å². The van der Waals surface area contributed by atoms with Crippen molar-refractivity contribution >= 4 is 21.8 Å². The molecule has 4 heteroatoms. The maximum atomic E-state index is 11.5. The van der Waals surface area contributed by atoms with Gasteiger partial charge in [0, 0.05) is 23.5 Å². The molecular formula is C13H19BrN2O. The average molecular weight is 299 g/mol. The predicted molar refractivity (Wildman–Crippen MR) is 73.5 cm³/mol. The summed E-state index contributed by atoms with van der Waals surface area (Å²) in [5, 5.41) is 2.90. The van der Waals surface area contributed by atoms with E-state index in [2.05, 4.69) is 21.2 Å². The number of nitrogens with two attached hydrogens (primary N) is 1. The van der Waals surface area contributed by atoms with Crippen LogP contribution in [0.15, 0.2) is 28.7 Å². The molecule has 3 N–H and O–H groups in total. The number of carbonyl (C=O) groups excluding carboxylic acids is 1. The minimum Gasteiger partial charge on any atom is -0.352 e. The van der Waals surface area contributed by atoms with Gasteiger partial charge in [-0.25, -0.2) is 0 Å². The van der Waals surface area contributed by atoms with Crippen LogP contribution in [0.25, 0.3) is 0 Å². The third-order valence-electron chi connectivity index (χ3n) is 2.50. The molecule has 17 heavy (non-hydrogen) atoms. The van der Waals surface area contributed by atoms with Gasteiger partial charge in [0.15, 0.2) is 0 Å². The van der Waals surface area contributed by atoms with E-state index in [1.54, 1.807) is 0 Å². The molecule has 1 aromatic rings. The fourth-order valence-electron chi connectivity index (χ4n) is 1.51.